The highest BCUT2D eigenvalue weighted by Gasteiger charge is 2.46. The Hall–Kier alpha value is -4.12. The van der Waals surface area contributed by atoms with Crippen LogP contribution in [-0.2, 0) is 14.3 Å². The number of benzene rings is 3. The molecule has 0 aliphatic carbocycles. The number of fused-ring (bicyclic) bond motifs is 5. The number of phenols is 1. The van der Waals surface area contributed by atoms with E-state index < -0.39 is 42.1 Å². The van der Waals surface area contributed by atoms with Crippen molar-refractivity contribution in [3.8, 4) is 17.2 Å². The third-order valence-electron chi connectivity index (χ3n) is 7.49. The standard InChI is InChI=1S/C30H31NO9/c1-7-15-10-18-22(20(11-15)36-5)17-12-21(37-6)24-19(33)9-8-16(23(24)28(17)40-30(18)35)29-26(34)25(31-4)27(13(2)38-29)39-14(3)32/h7-13,25-27,29,31,33-34H,1H2,2-6H3. The summed E-state index contributed by atoms with van der Waals surface area (Å²) in [6.45, 7) is 6.83. The first-order chi connectivity index (χ1) is 19.1. The predicted octanol–water partition coefficient (Wildman–Crippen LogP) is 3.81. The molecule has 4 aromatic rings. The molecule has 0 amide bonds. The van der Waals surface area contributed by atoms with Crippen molar-refractivity contribution >= 4 is 44.6 Å². The molecule has 1 aliphatic heterocycles. The second-order valence-electron chi connectivity index (χ2n) is 9.76. The Labute approximate surface area is 229 Å². The second-order valence-corrected chi connectivity index (χ2v) is 9.76. The smallest absolute Gasteiger partial charge is 0.344 e. The Morgan fingerprint density at radius 2 is 1.77 bits per heavy atom. The topological polar surface area (TPSA) is 137 Å². The number of phenolic OH excluding ortho intramolecular Hbond substituents is 1. The SMILES string of the molecule is C=Cc1cc(OC)c2c(c1)c(=O)oc1c2cc(OC)c2c(O)ccc(C3OC(C)C(OC(C)=O)C(NC)C3O)c21. The van der Waals surface area contributed by atoms with Crippen LogP contribution in [0.15, 0.2) is 46.1 Å². The third kappa shape index (κ3) is 4.25. The number of rotatable bonds is 6. The number of likely N-dealkylation sites (N-methyl/N-ethyl adjacent to an activating group) is 1. The van der Waals surface area contributed by atoms with Crippen molar-refractivity contribution in [3.05, 3.63) is 58.5 Å². The summed E-state index contributed by atoms with van der Waals surface area (Å²) in [5, 5.41) is 27.4. The third-order valence-corrected chi connectivity index (χ3v) is 7.49. The maximum Gasteiger partial charge on any atom is 0.344 e. The van der Waals surface area contributed by atoms with Crippen LogP contribution in [0.4, 0.5) is 0 Å². The monoisotopic (exact) mass is 549 g/mol. The number of aliphatic hydroxyl groups is 1. The van der Waals surface area contributed by atoms with E-state index in [-0.39, 0.29) is 22.1 Å². The van der Waals surface area contributed by atoms with E-state index in [0.717, 1.165) is 0 Å². The predicted molar refractivity (Wildman–Crippen MR) is 150 cm³/mol. The van der Waals surface area contributed by atoms with E-state index in [4.69, 9.17) is 23.4 Å². The van der Waals surface area contributed by atoms with E-state index in [1.54, 1.807) is 44.3 Å². The van der Waals surface area contributed by atoms with Gasteiger partial charge in [-0.2, -0.15) is 0 Å². The van der Waals surface area contributed by atoms with Crippen molar-refractivity contribution in [3.63, 3.8) is 0 Å². The van der Waals surface area contributed by atoms with Gasteiger partial charge in [-0.05, 0) is 49.4 Å². The van der Waals surface area contributed by atoms with Gasteiger partial charge in [-0.3, -0.25) is 4.79 Å². The van der Waals surface area contributed by atoms with Crippen LogP contribution in [-0.4, -0.2) is 61.8 Å². The minimum Gasteiger partial charge on any atom is -0.507 e. The highest BCUT2D eigenvalue weighted by atomic mass is 16.6. The van der Waals surface area contributed by atoms with Crippen molar-refractivity contribution in [2.24, 2.45) is 0 Å². The summed E-state index contributed by atoms with van der Waals surface area (Å²) in [4.78, 5) is 25.1. The Bertz CT molecular complexity index is 1710. The number of methoxy groups -OCH3 is 2. The Balaban J connectivity index is 1.87. The lowest BCUT2D eigenvalue weighted by Gasteiger charge is -2.43. The van der Waals surface area contributed by atoms with Crippen LogP contribution in [0, 0.1) is 0 Å². The molecule has 1 fully saturated rings. The Kier molecular flexibility index (Phi) is 7.17. The maximum absolute atomic E-state index is 13.4. The molecule has 210 valence electrons. The molecule has 0 saturated carbocycles. The first kappa shape index (κ1) is 27.4. The maximum atomic E-state index is 13.4. The van der Waals surface area contributed by atoms with Crippen molar-refractivity contribution in [2.75, 3.05) is 21.3 Å². The molecule has 5 atom stereocenters. The first-order valence-corrected chi connectivity index (χ1v) is 12.8. The summed E-state index contributed by atoms with van der Waals surface area (Å²) in [5.74, 6) is 0.124. The van der Waals surface area contributed by atoms with Crippen molar-refractivity contribution in [1.29, 1.82) is 0 Å². The van der Waals surface area contributed by atoms with Crippen molar-refractivity contribution in [2.45, 2.75) is 44.3 Å². The lowest BCUT2D eigenvalue weighted by atomic mass is 9.86. The van der Waals surface area contributed by atoms with E-state index in [0.29, 0.717) is 38.8 Å². The number of hydrogen-bond donors (Lipinski definition) is 3. The number of carbonyl (C=O) groups excluding carboxylic acids is 1. The highest BCUT2D eigenvalue weighted by Crippen LogP contribution is 2.47. The summed E-state index contributed by atoms with van der Waals surface area (Å²) >= 11 is 0. The number of ether oxygens (including phenoxy) is 4. The molecule has 1 saturated heterocycles. The van der Waals surface area contributed by atoms with Crippen LogP contribution in [0.1, 0.15) is 31.1 Å². The van der Waals surface area contributed by atoms with Gasteiger partial charge in [0.15, 0.2) is 0 Å². The number of hydrogen-bond acceptors (Lipinski definition) is 10. The number of nitrogens with one attached hydrogen (secondary N) is 1. The van der Waals surface area contributed by atoms with Crippen LogP contribution in [0.5, 0.6) is 17.2 Å². The molecule has 5 unspecified atom stereocenters. The van der Waals surface area contributed by atoms with E-state index in [9.17, 15) is 19.8 Å². The van der Waals surface area contributed by atoms with Crippen LogP contribution >= 0.6 is 0 Å². The lowest BCUT2D eigenvalue weighted by Crippen LogP contribution is -2.59. The lowest BCUT2D eigenvalue weighted by molar-refractivity contribution is -0.199. The van der Waals surface area contributed by atoms with Crippen molar-refractivity contribution < 1.29 is 38.4 Å². The fourth-order valence-corrected chi connectivity index (χ4v) is 5.71. The van der Waals surface area contributed by atoms with E-state index in [1.807, 2.05) is 0 Å². The molecule has 0 bridgehead atoms. The molecule has 2 heterocycles. The number of esters is 1. The molecular formula is C30H31NO9. The van der Waals surface area contributed by atoms with Gasteiger partial charge in [0.1, 0.15) is 41.1 Å². The molecule has 10 nitrogen and oxygen atoms in total. The van der Waals surface area contributed by atoms with Gasteiger partial charge in [-0.25, -0.2) is 4.79 Å². The Morgan fingerprint density at radius 3 is 2.40 bits per heavy atom. The van der Waals surface area contributed by atoms with E-state index in [2.05, 4.69) is 11.9 Å². The molecule has 5 rings (SSSR count). The van der Waals surface area contributed by atoms with Gasteiger partial charge in [-0.1, -0.05) is 18.7 Å². The molecule has 40 heavy (non-hydrogen) atoms. The van der Waals surface area contributed by atoms with E-state index in [1.165, 1.54) is 27.2 Å². The van der Waals surface area contributed by atoms with Crippen LogP contribution in [0.25, 0.3) is 38.6 Å². The van der Waals surface area contributed by atoms with Gasteiger partial charge in [0.2, 0.25) is 0 Å². The summed E-state index contributed by atoms with van der Waals surface area (Å²) in [6.07, 6.45) is -1.90. The molecule has 3 N–H and O–H groups in total. The molecule has 3 aromatic carbocycles. The summed E-state index contributed by atoms with van der Waals surface area (Å²) in [7, 11) is 4.63. The number of aliphatic hydroxyl groups excluding tert-OH is 1. The molecule has 0 spiro atoms. The van der Waals surface area contributed by atoms with Gasteiger partial charge in [-0.15, -0.1) is 0 Å². The largest absolute Gasteiger partial charge is 0.507 e. The molecular weight excluding hydrogens is 518 g/mol. The van der Waals surface area contributed by atoms with Gasteiger partial charge in [0, 0.05) is 23.1 Å². The average Bonchev–Trinajstić information content (AvgIpc) is 2.94. The van der Waals surface area contributed by atoms with Gasteiger partial charge >= 0.3 is 11.6 Å². The number of aromatic hydroxyl groups is 1. The first-order valence-electron chi connectivity index (χ1n) is 12.8. The zero-order chi connectivity index (χ0) is 28.9. The average molecular weight is 550 g/mol. The summed E-state index contributed by atoms with van der Waals surface area (Å²) in [6, 6.07) is 7.50. The second kappa shape index (κ2) is 10.5. The van der Waals surface area contributed by atoms with Crippen LogP contribution in [0.2, 0.25) is 0 Å². The fraction of sp³-hybridized carbons (Fsp3) is 0.333. The molecule has 10 heteroatoms. The fourth-order valence-electron chi connectivity index (χ4n) is 5.71. The minimum absolute atomic E-state index is 0.115. The van der Waals surface area contributed by atoms with Gasteiger partial charge in [0.05, 0.1) is 37.1 Å². The minimum atomic E-state index is -1.18. The van der Waals surface area contributed by atoms with Crippen LogP contribution < -0.4 is 20.4 Å². The Morgan fingerprint density at radius 1 is 1.07 bits per heavy atom. The zero-order valence-corrected chi connectivity index (χ0v) is 22.8. The van der Waals surface area contributed by atoms with Gasteiger partial charge < -0.3 is 38.9 Å². The molecule has 0 radical (unpaired) electrons. The highest BCUT2D eigenvalue weighted by molar-refractivity contribution is 6.19. The summed E-state index contributed by atoms with van der Waals surface area (Å²) < 4.78 is 29.0. The van der Waals surface area contributed by atoms with Crippen LogP contribution in [0.3, 0.4) is 0 Å². The quantitative estimate of drug-likeness (QED) is 0.185. The summed E-state index contributed by atoms with van der Waals surface area (Å²) in [5.41, 5.74) is 0.666. The number of carbonyl (C=O) groups is 1. The molecule has 1 aliphatic rings. The zero-order valence-electron chi connectivity index (χ0n) is 22.8. The van der Waals surface area contributed by atoms with Gasteiger partial charge in [0.25, 0.3) is 0 Å². The normalized spacial score (nSPS) is 22.9. The van der Waals surface area contributed by atoms with Crippen molar-refractivity contribution in [1.82, 2.24) is 5.32 Å². The van der Waals surface area contributed by atoms with E-state index >= 15 is 0 Å². The molecule has 1 aromatic heterocycles.